The molecule has 3 aliphatic heterocycles. The highest BCUT2D eigenvalue weighted by Gasteiger charge is 2.65. The first-order valence-corrected chi connectivity index (χ1v) is 12.3. The molecular formula is C28H32N2O6. The molecule has 3 heterocycles. The van der Waals surface area contributed by atoms with E-state index < -0.39 is 29.1 Å². The fourth-order valence-corrected chi connectivity index (χ4v) is 6.30. The summed E-state index contributed by atoms with van der Waals surface area (Å²) in [6, 6.07) is 12.8. The Labute approximate surface area is 210 Å². The molecule has 8 nitrogen and oxygen atoms in total. The van der Waals surface area contributed by atoms with Gasteiger partial charge in [-0.2, -0.15) is 0 Å². The van der Waals surface area contributed by atoms with Crippen LogP contribution in [0.25, 0.3) is 0 Å². The molecule has 0 radical (unpaired) electrons. The second-order valence-corrected chi connectivity index (χ2v) is 10.3. The van der Waals surface area contributed by atoms with Gasteiger partial charge in [0, 0.05) is 36.2 Å². The molecule has 1 saturated heterocycles. The fourth-order valence-electron chi connectivity index (χ4n) is 6.30. The molecule has 36 heavy (non-hydrogen) atoms. The third kappa shape index (κ3) is 3.47. The molecule has 0 saturated carbocycles. The van der Waals surface area contributed by atoms with Crippen molar-refractivity contribution in [1.82, 2.24) is 0 Å². The first kappa shape index (κ1) is 24.5. The molecule has 2 amide bonds. The van der Waals surface area contributed by atoms with Gasteiger partial charge < -0.3 is 24.6 Å². The van der Waals surface area contributed by atoms with Crippen molar-refractivity contribution in [3.63, 3.8) is 0 Å². The number of anilines is 3. The Hall–Kier alpha value is -3.20. The molecule has 0 bridgehead atoms. The first-order chi connectivity index (χ1) is 17.1. The van der Waals surface area contributed by atoms with E-state index in [-0.39, 0.29) is 25.0 Å². The Morgan fingerprint density at radius 3 is 2.64 bits per heavy atom. The Morgan fingerprint density at radius 2 is 1.94 bits per heavy atom. The maximum Gasteiger partial charge on any atom is 0.269 e. The minimum absolute atomic E-state index is 0.0903. The molecule has 3 aliphatic rings. The van der Waals surface area contributed by atoms with Crippen LogP contribution in [0.2, 0.25) is 0 Å². The van der Waals surface area contributed by atoms with E-state index in [1.165, 1.54) is 0 Å². The zero-order valence-electron chi connectivity index (χ0n) is 20.8. The van der Waals surface area contributed by atoms with Crippen LogP contribution in [0.1, 0.15) is 32.8 Å². The van der Waals surface area contributed by atoms with E-state index in [0.717, 1.165) is 0 Å². The van der Waals surface area contributed by atoms with Crippen LogP contribution < -0.4 is 14.5 Å². The Balaban J connectivity index is 1.69. The normalized spacial score (nSPS) is 27.3. The van der Waals surface area contributed by atoms with Crippen molar-refractivity contribution in [3.05, 3.63) is 60.7 Å². The Kier molecular flexibility index (Phi) is 5.94. The largest absolute Gasteiger partial charge is 0.482 e. The van der Waals surface area contributed by atoms with Gasteiger partial charge in [-0.3, -0.25) is 14.5 Å². The highest BCUT2D eigenvalue weighted by molar-refractivity contribution is 6.10. The smallest absolute Gasteiger partial charge is 0.269 e. The monoisotopic (exact) mass is 492 g/mol. The number of carbonyl (C=O) groups is 2. The number of hydrogen-bond acceptors (Lipinski definition) is 6. The summed E-state index contributed by atoms with van der Waals surface area (Å²) in [5.74, 6) is -0.654. The van der Waals surface area contributed by atoms with Crippen molar-refractivity contribution in [2.45, 2.75) is 44.5 Å². The second kappa shape index (κ2) is 8.73. The van der Waals surface area contributed by atoms with Crippen molar-refractivity contribution in [1.29, 1.82) is 0 Å². The number of benzene rings is 2. The molecular weight excluding hydrogens is 460 g/mol. The first-order valence-electron chi connectivity index (χ1n) is 12.3. The topological polar surface area (TPSA) is 99.5 Å². The van der Waals surface area contributed by atoms with Crippen molar-refractivity contribution in [2.24, 2.45) is 11.8 Å². The van der Waals surface area contributed by atoms with Crippen LogP contribution >= 0.6 is 0 Å². The minimum Gasteiger partial charge on any atom is -0.482 e. The lowest BCUT2D eigenvalue weighted by Gasteiger charge is -2.34. The third-order valence-electron chi connectivity index (χ3n) is 7.66. The number of carbonyl (C=O) groups excluding carboxylic acids is 2. The van der Waals surface area contributed by atoms with Gasteiger partial charge in [0.15, 0.2) is 12.2 Å². The van der Waals surface area contributed by atoms with Crippen LogP contribution in [-0.2, 0) is 19.9 Å². The number of para-hydroxylation sites is 2. The SMILES string of the molecule is C=CCN1C(=O)[C@]2(O[C@H](CCO)[C@@H](C(C)(C)O)[C@@H]2C)c2cc(N3C(=O)COc4ccccc43)ccc21. The van der Waals surface area contributed by atoms with Crippen LogP contribution in [0.5, 0.6) is 5.75 Å². The molecule has 1 fully saturated rings. The number of ether oxygens (including phenoxy) is 2. The third-order valence-corrected chi connectivity index (χ3v) is 7.66. The summed E-state index contributed by atoms with van der Waals surface area (Å²) in [4.78, 5) is 30.3. The van der Waals surface area contributed by atoms with Crippen molar-refractivity contribution in [3.8, 4) is 5.75 Å². The average molecular weight is 493 g/mol. The summed E-state index contributed by atoms with van der Waals surface area (Å²) in [5, 5.41) is 20.8. The standard InChI is InChI=1S/C28H32N2O6/c1-5-13-29-20-11-10-18(30-21-8-6-7-9-22(21)35-16-24(30)32)15-19(20)28(26(29)33)17(2)25(27(3,4)34)23(36-28)12-14-31/h5-11,15,17,23,25,31,34H,1,12-14,16H2,2-4H3/t17-,23+,25-,28+/m0/s1. The van der Waals surface area contributed by atoms with E-state index in [9.17, 15) is 19.8 Å². The van der Waals surface area contributed by atoms with E-state index in [2.05, 4.69) is 6.58 Å². The molecule has 2 aromatic carbocycles. The predicted molar refractivity (Wildman–Crippen MR) is 135 cm³/mol. The molecule has 0 aliphatic carbocycles. The Bertz CT molecular complexity index is 1220. The molecule has 0 aromatic heterocycles. The summed E-state index contributed by atoms with van der Waals surface area (Å²) in [7, 11) is 0. The van der Waals surface area contributed by atoms with Crippen LogP contribution in [0.15, 0.2) is 55.1 Å². The average Bonchev–Trinajstić information content (AvgIpc) is 3.26. The number of aliphatic hydroxyl groups excluding tert-OH is 1. The molecule has 5 rings (SSSR count). The van der Waals surface area contributed by atoms with E-state index in [0.29, 0.717) is 41.3 Å². The fraction of sp³-hybridized carbons (Fsp3) is 0.429. The quantitative estimate of drug-likeness (QED) is 0.601. The highest BCUT2D eigenvalue weighted by Crippen LogP contribution is 2.58. The summed E-state index contributed by atoms with van der Waals surface area (Å²) in [6.07, 6.45) is 1.42. The summed E-state index contributed by atoms with van der Waals surface area (Å²) < 4.78 is 12.2. The maximum atomic E-state index is 14.1. The van der Waals surface area contributed by atoms with Gasteiger partial charge in [0.1, 0.15) is 5.75 Å². The van der Waals surface area contributed by atoms with Gasteiger partial charge in [0.25, 0.3) is 11.8 Å². The van der Waals surface area contributed by atoms with Gasteiger partial charge in [-0.05, 0) is 50.6 Å². The number of amides is 2. The van der Waals surface area contributed by atoms with Crippen LogP contribution in [0.3, 0.4) is 0 Å². The number of fused-ring (bicyclic) bond motifs is 3. The highest BCUT2D eigenvalue weighted by atomic mass is 16.5. The van der Waals surface area contributed by atoms with Gasteiger partial charge in [0.05, 0.1) is 23.1 Å². The summed E-state index contributed by atoms with van der Waals surface area (Å²) in [5.41, 5.74) is 0.0418. The molecule has 1 spiro atoms. The van der Waals surface area contributed by atoms with Gasteiger partial charge >= 0.3 is 0 Å². The van der Waals surface area contributed by atoms with E-state index >= 15 is 0 Å². The van der Waals surface area contributed by atoms with Crippen LogP contribution in [0.4, 0.5) is 17.1 Å². The second-order valence-electron chi connectivity index (χ2n) is 10.3. The molecule has 4 atom stereocenters. The number of aliphatic hydroxyl groups is 2. The molecule has 0 unspecified atom stereocenters. The van der Waals surface area contributed by atoms with E-state index in [1.54, 1.807) is 29.7 Å². The summed E-state index contributed by atoms with van der Waals surface area (Å²) in [6.45, 7) is 9.23. The zero-order chi connectivity index (χ0) is 25.8. The lowest BCUT2D eigenvalue weighted by molar-refractivity contribution is -0.146. The lowest BCUT2D eigenvalue weighted by atomic mass is 9.71. The maximum absolute atomic E-state index is 14.1. The van der Waals surface area contributed by atoms with Crippen LogP contribution in [0, 0.1) is 11.8 Å². The zero-order valence-corrected chi connectivity index (χ0v) is 20.8. The molecule has 190 valence electrons. The van der Waals surface area contributed by atoms with E-state index in [4.69, 9.17) is 9.47 Å². The van der Waals surface area contributed by atoms with Gasteiger partial charge in [-0.25, -0.2) is 0 Å². The summed E-state index contributed by atoms with van der Waals surface area (Å²) >= 11 is 0. The van der Waals surface area contributed by atoms with Crippen molar-refractivity contribution < 1.29 is 29.3 Å². The van der Waals surface area contributed by atoms with Crippen molar-refractivity contribution >= 4 is 28.9 Å². The number of rotatable bonds is 6. The van der Waals surface area contributed by atoms with Crippen molar-refractivity contribution in [2.75, 3.05) is 29.6 Å². The van der Waals surface area contributed by atoms with Gasteiger partial charge in [-0.15, -0.1) is 6.58 Å². The van der Waals surface area contributed by atoms with Gasteiger partial charge in [0.2, 0.25) is 0 Å². The predicted octanol–water partition coefficient (Wildman–Crippen LogP) is 3.28. The number of hydrogen-bond donors (Lipinski definition) is 2. The molecule has 8 heteroatoms. The number of nitrogens with zero attached hydrogens (tertiary/aromatic N) is 2. The van der Waals surface area contributed by atoms with Crippen LogP contribution in [-0.4, -0.2) is 53.5 Å². The Morgan fingerprint density at radius 1 is 1.19 bits per heavy atom. The lowest BCUT2D eigenvalue weighted by Crippen LogP contribution is -2.46. The molecule has 2 N–H and O–H groups in total. The van der Waals surface area contributed by atoms with E-state index in [1.807, 2.05) is 49.4 Å². The van der Waals surface area contributed by atoms with Gasteiger partial charge in [-0.1, -0.05) is 25.1 Å². The minimum atomic E-state index is -1.37. The molecule has 2 aromatic rings.